The van der Waals surface area contributed by atoms with Gasteiger partial charge >= 0.3 is 12.1 Å². The van der Waals surface area contributed by atoms with Gasteiger partial charge in [0, 0.05) is 30.8 Å². The van der Waals surface area contributed by atoms with E-state index in [1.165, 1.54) is 36.4 Å². The minimum atomic E-state index is -5.02. The molecule has 0 aliphatic heterocycles. The quantitative estimate of drug-likeness (QED) is 0.151. The normalized spacial score (nSPS) is 13.6. The van der Waals surface area contributed by atoms with Crippen LogP contribution in [0.5, 0.6) is 0 Å². The number of alkyl halides is 3. The molecule has 0 aliphatic carbocycles. The van der Waals surface area contributed by atoms with Crippen LogP contribution >= 0.6 is 8.53 Å². The molecule has 0 spiro atoms. The summed E-state index contributed by atoms with van der Waals surface area (Å²) in [7, 11) is -2.09. The first-order valence-corrected chi connectivity index (χ1v) is 13.5. The first-order chi connectivity index (χ1) is 18.6. The topological polar surface area (TPSA) is 137 Å². The minimum Gasteiger partial charge on any atom is -0.348 e. The molecule has 0 bridgehead atoms. The lowest BCUT2D eigenvalue weighted by atomic mass is 9.98. The number of nitrogens with zero attached hydrogens (tertiary/aromatic N) is 3. The van der Waals surface area contributed by atoms with Crippen molar-refractivity contribution in [3.63, 3.8) is 0 Å². The molecule has 0 radical (unpaired) electrons. The van der Waals surface area contributed by atoms with Crippen molar-refractivity contribution in [1.29, 1.82) is 0 Å². The summed E-state index contributed by atoms with van der Waals surface area (Å²) in [5.74, 6) is -2.07. The summed E-state index contributed by atoms with van der Waals surface area (Å²) >= 11 is 0. The van der Waals surface area contributed by atoms with Gasteiger partial charge in [-0.25, -0.2) is 4.67 Å². The van der Waals surface area contributed by atoms with Gasteiger partial charge in [0.05, 0.1) is 27.1 Å². The van der Waals surface area contributed by atoms with Crippen LogP contribution in [-0.4, -0.2) is 51.3 Å². The fourth-order valence-electron chi connectivity index (χ4n) is 3.93. The average molecular weight is 589 g/mol. The van der Waals surface area contributed by atoms with Gasteiger partial charge in [0.15, 0.2) is 0 Å². The van der Waals surface area contributed by atoms with Gasteiger partial charge in [0.2, 0.25) is 0 Å². The van der Waals surface area contributed by atoms with Crippen molar-refractivity contribution in [3.8, 4) is 0 Å². The standard InChI is InChI=1S/C25H32F3N4O7P/c1-16(2)30(17(3)4)40(38-18(5)14-15-29-24(33)25(26,27)28)39-23(19-10-6-8-12-21(19)31(34)35)20-11-7-9-13-22(20)32(36)37/h6-13,16-18,23H,14-15H2,1-5H3,(H,29,33). The predicted molar refractivity (Wildman–Crippen MR) is 142 cm³/mol. The number of hydrogen-bond acceptors (Lipinski definition) is 8. The molecule has 15 heteroatoms. The molecule has 40 heavy (non-hydrogen) atoms. The first-order valence-electron chi connectivity index (χ1n) is 12.4. The van der Waals surface area contributed by atoms with Gasteiger partial charge in [-0.15, -0.1) is 0 Å². The lowest BCUT2D eigenvalue weighted by molar-refractivity contribution is -0.387. The van der Waals surface area contributed by atoms with Gasteiger partial charge in [-0.05, 0) is 53.2 Å². The molecule has 220 valence electrons. The summed E-state index contributed by atoms with van der Waals surface area (Å²) in [5, 5.41) is 25.6. The van der Waals surface area contributed by atoms with Gasteiger partial charge in [-0.2, -0.15) is 13.2 Å². The Labute approximate surface area is 230 Å². The molecule has 0 saturated carbocycles. The number of nitro groups is 2. The summed E-state index contributed by atoms with van der Waals surface area (Å²) in [6, 6.07) is 11.1. The summed E-state index contributed by atoms with van der Waals surface area (Å²) in [6.45, 7) is 8.71. The number of nitrogens with one attached hydrogen (secondary N) is 1. The zero-order valence-corrected chi connectivity index (χ0v) is 23.5. The highest BCUT2D eigenvalue weighted by atomic mass is 31.2. The van der Waals surface area contributed by atoms with Crippen LogP contribution in [0.25, 0.3) is 0 Å². The van der Waals surface area contributed by atoms with E-state index in [-0.39, 0.29) is 47.6 Å². The van der Waals surface area contributed by atoms with E-state index in [0.717, 1.165) is 0 Å². The van der Waals surface area contributed by atoms with E-state index >= 15 is 0 Å². The SMILES string of the molecule is CC(CCNC(=O)C(F)(F)F)OP(OC(c1ccccc1[N+](=O)[O-])c1ccccc1[N+](=O)[O-])N(C(C)C)C(C)C. The van der Waals surface area contributed by atoms with Crippen LogP contribution in [0.2, 0.25) is 0 Å². The number of carbonyl (C=O) groups is 1. The number of hydrogen-bond donors (Lipinski definition) is 1. The third kappa shape index (κ3) is 8.91. The van der Waals surface area contributed by atoms with Crippen LogP contribution in [0.15, 0.2) is 48.5 Å². The fraction of sp³-hybridized carbons (Fsp3) is 0.480. The molecular weight excluding hydrogens is 556 g/mol. The van der Waals surface area contributed by atoms with E-state index in [1.54, 1.807) is 24.4 Å². The highest BCUT2D eigenvalue weighted by molar-refractivity contribution is 7.44. The van der Waals surface area contributed by atoms with Crippen molar-refractivity contribution >= 4 is 25.8 Å². The number of amides is 1. The highest BCUT2D eigenvalue weighted by Crippen LogP contribution is 2.53. The molecule has 0 saturated heterocycles. The maximum absolute atomic E-state index is 12.5. The van der Waals surface area contributed by atoms with Gasteiger partial charge < -0.3 is 14.4 Å². The molecule has 2 rings (SSSR count). The van der Waals surface area contributed by atoms with Crippen LogP contribution in [0.4, 0.5) is 24.5 Å². The van der Waals surface area contributed by atoms with Gasteiger partial charge in [0.1, 0.15) is 6.10 Å². The third-order valence-electron chi connectivity index (χ3n) is 5.64. The number of rotatable bonds is 14. The lowest BCUT2D eigenvalue weighted by Crippen LogP contribution is -2.38. The summed E-state index contributed by atoms with van der Waals surface area (Å²) in [5.41, 5.74) is -0.501. The van der Waals surface area contributed by atoms with Crippen LogP contribution in [0, 0.1) is 20.2 Å². The average Bonchev–Trinajstić information content (AvgIpc) is 2.86. The Morgan fingerprint density at radius 1 is 0.900 bits per heavy atom. The number of halogens is 3. The second-order valence-corrected chi connectivity index (χ2v) is 10.7. The molecule has 2 aromatic carbocycles. The monoisotopic (exact) mass is 588 g/mol. The van der Waals surface area contributed by atoms with E-state index < -0.39 is 42.7 Å². The van der Waals surface area contributed by atoms with Crippen molar-refractivity contribution in [3.05, 3.63) is 79.9 Å². The van der Waals surface area contributed by atoms with E-state index in [1.807, 2.05) is 32.4 Å². The number of benzene rings is 2. The maximum atomic E-state index is 12.5. The predicted octanol–water partition coefficient (Wildman–Crippen LogP) is 6.43. The zero-order chi connectivity index (χ0) is 30.2. The Morgan fingerprint density at radius 2 is 1.35 bits per heavy atom. The molecule has 1 amide bonds. The number of carbonyl (C=O) groups excluding carboxylic acids is 1. The molecule has 2 aromatic rings. The summed E-state index contributed by atoms with van der Waals surface area (Å²) in [6.07, 6.45) is -7.05. The van der Waals surface area contributed by atoms with Crippen LogP contribution in [-0.2, 0) is 13.8 Å². The minimum absolute atomic E-state index is 0.00429. The van der Waals surface area contributed by atoms with Crippen LogP contribution < -0.4 is 5.32 Å². The Kier molecular flexibility index (Phi) is 11.9. The number of nitro benzene ring substituents is 2. The highest BCUT2D eigenvalue weighted by Gasteiger charge is 2.39. The fourth-order valence-corrected chi connectivity index (χ4v) is 5.77. The largest absolute Gasteiger partial charge is 0.471 e. The van der Waals surface area contributed by atoms with Gasteiger partial charge in [-0.1, -0.05) is 24.3 Å². The smallest absolute Gasteiger partial charge is 0.348 e. The van der Waals surface area contributed by atoms with Crippen LogP contribution in [0.1, 0.15) is 58.3 Å². The van der Waals surface area contributed by atoms with Gasteiger partial charge in [-0.3, -0.25) is 25.0 Å². The second-order valence-electron chi connectivity index (χ2n) is 9.38. The molecule has 0 aliphatic rings. The van der Waals surface area contributed by atoms with E-state index in [4.69, 9.17) is 9.05 Å². The van der Waals surface area contributed by atoms with Crippen molar-refractivity contribution in [2.24, 2.45) is 0 Å². The molecule has 2 atom stereocenters. The first kappa shape index (κ1) is 33.0. The Morgan fingerprint density at radius 3 is 1.75 bits per heavy atom. The molecule has 1 N–H and O–H groups in total. The lowest BCUT2D eigenvalue weighted by Gasteiger charge is -2.38. The zero-order valence-electron chi connectivity index (χ0n) is 22.6. The van der Waals surface area contributed by atoms with Crippen molar-refractivity contribution in [1.82, 2.24) is 9.99 Å². The molecular formula is C25H32F3N4O7P. The van der Waals surface area contributed by atoms with Crippen LogP contribution in [0.3, 0.4) is 0 Å². The maximum Gasteiger partial charge on any atom is 0.471 e. The molecule has 0 fully saturated rings. The number of para-hydroxylation sites is 2. The Hall–Kier alpha value is -3.19. The third-order valence-corrected chi connectivity index (χ3v) is 7.87. The van der Waals surface area contributed by atoms with Gasteiger partial charge in [0.25, 0.3) is 19.9 Å². The Balaban J connectivity index is 2.53. The molecule has 2 unspecified atom stereocenters. The van der Waals surface area contributed by atoms with E-state index in [2.05, 4.69) is 0 Å². The second kappa shape index (κ2) is 14.4. The van der Waals surface area contributed by atoms with Crippen molar-refractivity contribution in [2.75, 3.05) is 6.54 Å². The molecule has 0 aromatic heterocycles. The van der Waals surface area contributed by atoms with Crippen molar-refractivity contribution < 1.29 is 36.9 Å². The summed E-state index contributed by atoms with van der Waals surface area (Å²) in [4.78, 5) is 33.7. The van der Waals surface area contributed by atoms with E-state index in [0.29, 0.717) is 0 Å². The Bertz CT molecular complexity index is 1120. The summed E-state index contributed by atoms with van der Waals surface area (Å²) < 4.78 is 52.1. The molecule has 0 heterocycles. The van der Waals surface area contributed by atoms with Crippen molar-refractivity contribution in [2.45, 2.75) is 71.5 Å². The molecule has 11 nitrogen and oxygen atoms in total. The van der Waals surface area contributed by atoms with E-state index in [9.17, 15) is 38.2 Å².